The van der Waals surface area contributed by atoms with Gasteiger partial charge in [-0.25, -0.2) is 4.79 Å². The summed E-state index contributed by atoms with van der Waals surface area (Å²) in [7, 11) is 0. The fraction of sp³-hybridized carbons (Fsp3) is 0.400. The molecule has 1 aliphatic rings. The van der Waals surface area contributed by atoms with Crippen LogP contribution in [0, 0.1) is 6.92 Å². The van der Waals surface area contributed by atoms with Crippen molar-refractivity contribution < 1.29 is 14.7 Å². The van der Waals surface area contributed by atoms with Gasteiger partial charge in [0, 0.05) is 17.9 Å². The van der Waals surface area contributed by atoms with Crippen LogP contribution in [0.1, 0.15) is 28.2 Å². The molecule has 0 radical (unpaired) electrons. The number of aromatic nitrogens is 1. The first-order chi connectivity index (χ1) is 6.61. The van der Waals surface area contributed by atoms with E-state index in [1.807, 2.05) is 11.5 Å². The summed E-state index contributed by atoms with van der Waals surface area (Å²) in [6.45, 7) is 2.79. The molecule has 4 heteroatoms. The van der Waals surface area contributed by atoms with Crippen LogP contribution in [0.25, 0.3) is 0 Å². The topological polar surface area (TPSA) is 59.3 Å². The lowest BCUT2D eigenvalue weighted by Gasteiger charge is -1.99. The van der Waals surface area contributed by atoms with Gasteiger partial charge in [0.05, 0.1) is 5.56 Å². The van der Waals surface area contributed by atoms with Crippen LogP contribution in [0.3, 0.4) is 0 Å². The van der Waals surface area contributed by atoms with E-state index in [1.54, 1.807) is 6.07 Å². The Kier molecular flexibility index (Phi) is 1.91. The zero-order chi connectivity index (χ0) is 10.3. The summed E-state index contributed by atoms with van der Waals surface area (Å²) in [5.41, 5.74) is 2.23. The number of nitrogens with zero attached hydrogens (tertiary/aromatic N) is 1. The third-order valence-corrected chi connectivity index (χ3v) is 2.65. The fourth-order valence-electron chi connectivity index (χ4n) is 2.03. The van der Waals surface area contributed by atoms with Crippen LogP contribution >= 0.6 is 0 Å². The largest absolute Gasteiger partial charge is 0.475 e. The second kappa shape index (κ2) is 2.97. The van der Waals surface area contributed by atoms with E-state index in [0.717, 1.165) is 30.8 Å². The molecule has 1 aliphatic heterocycles. The molecule has 74 valence electrons. The number of Topliss-reactive ketones (excluding diaryl/α,β-unsaturated/α-hetero) is 1. The SMILES string of the molecule is Cc1cc(C(=O)C(=O)O)c2n1CCC2. The van der Waals surface area contributed by atoms with E-state index in [-0.39, 0.29) is 0 Å². The van der Waals surface area contributed by atoms with Gasteiger partial charge in [-0.3, -0.25) is 4.79 Å². The first-order valence-electron chi connectivity index (χ1n) is 4.58. The van der Waals surface area contributed by atoms with Crippen molar-refractivity contribution in [3.05, 3.63) is 23.0 Å². The molecule has 0 amide bonds. The number of hydrogen-bond acceptors (Lipinski definition) is 2. The molecular weight excluding hydrogens is 182 g/mol. The van der Waals surface area contributed by atoms with Gasteiger partial charge in [0.25, 0.3) is 5.78 Å². The maximum Gasteiger partial charge on any atom is 0.377 e. The average Bonchev–Trinajstić information content (AvgIpc) is 2.68. The minimum Gasteiger partial charge on any atom is -0.475 e. The van der Waals surface area contributed by atoms with Gasteiger partial charge >= 0.3 is 5.97 Å². The molecular formula is C10H11NO3. The Morgan fingerprint density at radius 3 is 2.86 bits per heavy atom. The first kappa shape index (κ1) is 8.99. The second-order valence-electron chi connectivity index (χ2n) is 3.54. The lowest BCUT2D eigenvalue weighted by Crippen LogP contribution is -2.13. The van der Waals surface area contributed by atoms with Gasteiger partial charge in [0.1, 0.15) is 0 Å². The summed E-state index contributed by atoms with van der Waals surface area (Å²) < 4.78 is 2.02. The molecule has 1 aromatic rings. The van der Waals surface area contributed by atoms with Gasteiger partial charge in [-0.05, 0) is 25.8 Å². The van der Waals surface area contributed by atoms with Gasteiger partial charge in [-0.2, -0.15) is 0 Å². The number of carbonyl (C=O) groups excluding carboxylic acids is 1. The predicted molar refractivity (Wildman–Crippen MR) is 49.5 cm³/mol. The summed E-state index contributed by atoms with van der Waals surface area (Å²) >= 11 is 0. The maximum atomic E-state index is 11.3. The molecule has 2 heterocycles. The van der Waals surface area contributed by atoms with Crippen LogP contribution in [0.4, 0.5) is 0 Å². The van der Waals surface area contributed by atoms with E-state index in [4.69, 9.17) is 5.11 Å². The number of carboxylic acids is 1. The highest BCUT2D eigenvalue weighted by atomic mass is 16.4. The highest BCUT2D eigenvalue weighted by Gasteiger charge is 2.25. The number of hydrogen-bond donors (Lipinski definition) is 1. The Balaban J connectivity index is 2.50. The number of carboxylic acid groups (broad SMARTS) is 1. The Morgan fingerprint density at radius 1 is 1.50 bits per heavy atom. The highest BCUT2D eigenvalue weighted by Crippen LogP contribution is 2.24. The Morgan fingerprint density at radius 2 is 2.21 bits per heavy atom. The number of aryl methyl sites for hydroxylation is 1. The molecule has 0 fully saturated rings. The third-order valence-electron chi connectivity index (χ3n) is 2.65. The molecule has 0 unspecified atom stereocenters. The van der Waals surface area contributed by atoms with E-state index < -0.39 is 11.8 Å². The molecule has 0 atom stereocenters. The van der Waals surface area contributed by atoms with Gasteiger partial charge in [-0.1, -0.05) is 0 Å². The smallest absolute Gasteiger partial charge is 0.377 e. The summed E-state index contributed by atoms with van der Waals surface area (Å²) in [4.78, 5) is 21.9. The van der Waals surface area contributed by atoms with Crippen LogP contribution in [-0.4, -0.2) is 21.4 Å². The zero-order valence-electron chi connectivity index (χ0n) is 7.91. The van der Waals surface area contributed by atoms with Gasteiger partial charge in [0.15, 0.2) is 0 Å². The minimum atomic E-state index is -1.37. The fourth-order valence-corrected chi connectivity index (χ4v) is 2.03. The molecule has 2 rings (SSSR count). The van der Waals surface area contributed by atoms with Gasteiger partial charge in [-0.15, -0.1) is 0 Å². The normalized spacial score (nSPS) is 14.1. The third kappa shape index (κ3) is 1.14. The van der Waals surface area contributed by atoms with Crippen molar-refractivity contribution in [2.24, 2.45) is 0 Å². The standard InChI is InChI=1S/C10H11NO3/c1-6-5-7(9(12)10(13)14)8-3-2-4-11(6)8/h5H,2-4H2,1H3,(H,13,14). The van der Waals surface area contributed by atoms with Crippen molar-refractivity contribution in [3.63, 3.8) is 0 Å². The van der Waals surface area contributed by atoms with Gasteiger partial charge in [0.2, 0.25) is 0 Å². The van der Waals surface area contributed by atoms with Crippen LogP contribution in [0.2, 0.25) is 0 Å². The molecule has 0 aromatic carbocycles. The highest BCUT2D eigenvalue weighted by molar-refractivity contribution is 6.40. The molecule has 1 aromatic heterocycles. The van der Waals surface area contributed by atoms with Crippen molar-refractivity contribution >= 4 is 11.8 Å². The molecule has 0 spiro atoms. The van der Waals surface area contributed by atoms with Crippen molar-refractivity contribution in [2.75, 3.05) is 0 Å². The molecule has 14 heavy (non-hydrogen) atoms. The molecule has 0 saturated heterocycles. The molecule has 0 saturated carbocycles. The second-order valence-corrected chi connectivity index (χ2v) is 3.54. The van der Waals surface area contributed by atoms with Crippen molar-refractivity contribution in [1.29, 1.82) is 0 Å². The lowest BCUT2D eigenvalue weighted by atomic mass is 10.1. The van der Waals surface area contributed by atoms with Crippen molar-refractivity contribution in [1.82, 2.24) is 4.57 Å². The van der Waals surface area contributed by atoms with Crippen LogP contribution in [0.15, 0.2) is 6.07 Å². The van der Waals surface area contributed by atoms with Crippen LogP contribution < -0.4 is 0 Å². The van der Waals surface area contributed by atoms with Crippen LogP contribution in [-0.2, 0) is 17.8 Å². The molecule has 1 N–H and O–H groups in total. The van der Waals surface area contributed by atoms with E-state index in [2.05, 4.69) is 0 Å². The number of fused-ring (bicyclic) bond motifs is 1. The lowest BCUT2D eigenvalue weighted by molar-refractivity contribution is -0.131. The van der Waals surface area contributed by atoms with E-state index in [0.29, 0.717) is 5.56 Å². The summed E-state index contributed by atoms with van der Waals surface area (Å²) in [5, 5.41) is 8.62. The molecule has 0 bridgehead atoms. The van der Waals surface area contributed by atoms with Gasteiger partial charge < -0.3 is 9.67 Å². The number of carbonyl (C=O) groups is 2. The summed E-state index contributed by atoms with van der Waals surface area (Å²) in [5.74, 6) is -2.16. The van der Waals surface area contributed by atoms with Crippen LogP contribution in [0.5, 0.6) is 0 Å². The predicted octanol–water partition coefficient (Wildman–Crippen LogP) is 1.01. The minimum absolute atomic E-state index is 0.368. The number of rotatable bonds is 2. The number of ketones is 1. The van der Waals surface area contributed by atoms with Crippen molar-refractivity contribution in [2.45, 2.75) is 26.3 Å². The molecule has 4 nitrogen and oxygen atoms in total. The van der Waals surface area contributed by atoms with E-state index >= 15 is 0 Å². The zero-order valence-corrected chi connectivity index (χ0v) is 7.91. The average molecular weight is 193 g/mol. The first-order valence-corrected chi connectivity index (χ1v) is 4.58. The van der Waals surface area contributed by atoms with E-state index in [1.165, 1.54) is 0 Å². The quantitative estimate of drug-likeness (QED) is 0.563. The molecule has 0 aliphatic carbocycles. The Bertz CT molecular complexity index is 417. The maximum absolute atomic E-state index is 11.3. The summed E-state index contributed by atoms with van der Waals surface area (Å²) in [6.07, 6.45) is 1.80. The van der Waals surface area contributed by atoms with E-state index in [9.17, 15) is 9.59 Å². The monoisotopic (exact) mass is 193 g/mol. The Labute approximate surface area is 81.2 Å². The number of aliphatic carboxylic acids is 1. The Hall–Kier alpha value is -1.58. The van der Waals surface area contributed by atoms with Crippen molar-refractivity contribution in [3.8, 4) is 0 Å². The summed E-state index contributed by atoms with van der Waals surface area (Å²) in [6, 6.07) is 1.67.